The van der Waals surface area contributed by atoms with E-state index in [0.29, 0.717) is 5.69 Å². The van der Waals surface area contributed by atoms with E-state index < -0.39 is 0 Å². The van der Waals surface area contributed by atoms with Gasteiger partial charge in [-0.15, -0.1) is 11.3 Å². The molecule has 2 heterocycles. The van der Waals surface area contributed by atoms with Gasteiger partial charge in [0.05, 0.1) is 15.6 Å². The van der Waals surface area contributed by atoms with Crippen LogP contribution in [0.15, 0.2) is 6.07 Å². The Morgan fingerprint density at radius 1 is 1.35 bits per heavy atom. The van der Waals surface area contributed by atoms with Crippen molar-refractivity contribution in [3.63, 3.8) is 0 Å². The lowest BCUT2D eigenvalue weighted by Gasteiger charge is -2.27. The van der Waals surface area contributed by atoms with Crippen molar-refractivity contribution in [2.75, 3.05) is 23.7 Å². The van der Waals surface area contributed by atoms with E-state index in [2.05, 4.69) is 4.90 Å². The second-order valence-corrected chi connectivity index (χ2v) is 5.97. The van der Waals surface area contributed by atoms with Gasteiger partial charge in [0.1, 0.15) is 0 Å². The SMILES string of the molecule is CC(C)C(=O)c1sc(N2CCCCC2)cc1N. The number of piperidine rings is 1. The standard InChI is InChI=1S/C13H20N2OS/c1-9(2)12(16)13-10(14)8-11(17-13)15-6-4-3-5-7-15/h8-9H,3-7,14H2,1-2H3. The fraction of sp³-hybridized carbons (Fsp3) is 0.615. The van der Waals surface area contributed by atoms with Crippen molar-refractivity contribution in [3.8, 4) is 0 Å². The van der Waals surface area contributed by atoms with Crippen molar-refractivity contribution in [2.45, 2.75) is 33.1 Å². The van der Waals surface area contributed by atoms with Crippen LogP contribution in [0, 0.1) is 5.92 Å². The average Bonchev–Trinajstić information content (AvgIpc) is 2.71. The zero-order valence-electron chi connectivity index (χ0n) is 10.5. The highest BCUT2D eigenvalue weighted by molar-refractivity contribution is 7.18. The van der Waals surface area contributed by atoms with E-state index in [0.717, 1.165) is 23.0 Å². The minimum atomic E-state index is 0.0187. The van der Waals surface area contributed by atoms with Crippen molar-refractivity contribution in [1.82, 2.24) is 0 Å². The zero-order chi connectivity index (χ0) is 12.4. The summed E-state index contributed by atoms with van der Waals surface area (Å²) in [5, 5.41) is 1.16. The van der Waals surface area contributed by atoms with Gasteiger partial charge in [0.25, 0.3) is 0 Å². The first-order chi connectivity index (χ1) is 8.09. The van der Waals surface area contributed by atoms with E-state index in [1.165, 1.54) is 19.3 Å². The fourth-order valence-electron chi connectivity index (χ4n) is 2.12. The van der Waals surface area contributed by atoms with Crippen molar-refractivity contribution in [2.24, 2.45) is 5.92 Å². The molecular weight excluding hydrogens is 232 g/mol. The van der Waals surface area contributed by atoms with Gasteiger partial charge in [-0.05, 0) is 25.3 Å². The number of thiophene rings is 1. The zero-order valence-corrected chi connectivity index (χ0v) is 11.3. The van der Waals surface area contributed by atoms with E-state index in [9.17, 15) is 4.79 Å². The van der Waals surface area contributed by atoms with Crippen LogP contribution in [0.1, 0.15) is 42.8 Å². The molecule has 17 heavy (non-hydrogen) atoms. The van der Waals surface area contributed by atoms with Gasteiger partial charge in [-0.1, -0.05) is 13.8 Å². The average molecular weight is 252 g/mol. The highest BCUT2D eigenvalue weighted by Gasteiger charge is 2.20. The van der Waals surface area contributed by atoms with E-state index in [-0.39, 0.29) is 11.7 Å². The second kappa shape index (κ2) is 5.08. The Balaban J connectivity index is 2.20. The molecule has 1 aliphatic heterocycles. The van der Waals surface area contributed by atoms with Crippen LogP contribution in [0.4, 0.5) is 10.7 Å². The maximum absolute atomic E-state index is 12.0. The Kier molecular flexibility index (Phi) is 3.72. The molecule has 0 spiro atoms. The number of nitrogen functional groups attached to an aromatic ring is 1. The van der Waals surface area contributed by atoms with Gasteiger partial charge in [0, 0.05) is 19.0 Å². The number of hydrogen-bond donors (Lipinski definition) is 1. The number of nitrogens with zero attached hydrogens (tertiary/aromatic N) is 1. The molecule has 1 saturated heterocycles. The Labute approximate surface area is 107 Å². The Morgan fingerprint density at radius 2 is 2.00 bits per heavy atom. The van der Waals surface area contributed by atoms with Crippen molar-refractivity contribution in [1.29, 1.82) is 0 Å². The molecule has 0 unspecified atom stereocenters. The van der Waals surface area contributed by atoms with Gasteiger partial charge < -0.3 is 10.6 Å². The summed E-state index contributed by atoms with van der Waals surface area (Å²) in [6, 6.07) is 1.96. The number of carbonyl (C=O) groups excluding carboxylic acids is 1. The monoisotopic (exact) mass is 252 g/mol. The number of carbonyl (C=O) groups is 1. The molecule has 2 rings (SSSR count). The van der Waals surface area contributed by atoms with Gasteiger partial charge >= 0.3 is 0 Å². The predicted molar refractivity (Wildman–Crippen MR) is 74.0 cm³/mol. The summed E-state index contributed by atoms with van der Waals surface area (Å²) in [5.41, 5.74) is 6.60. The van der Waals surface area contributed by atoms with Crippen molar-refractivity contribution >= 4 is 27.8 Å². The highest BCUT2D eigenvalue weighted by Crippen LogP contribution is 2.35. The molecule has 0 amide bonds. The second-order valence-electron chi connectivity index (χ2n) is 4.94. The molecule has 1 aromatic heterocycles. The quantitative estimate of drug-likeness (QED) is 0.841. The lowest BCUT2D eigenvalue weighted by atomic mass is 10.1. The van der Waals surface area contributed by atoms with Crippen LogP contribution in [-0.4, -0.2) is 18.9 Å². The third kappa shape index (κ3) is 2.63. The van der Waals surface area contributed by atoms with Crippen LogP contribution < -0.4 is 10.6 Å². The molecule has 0 aromatic carbocycles. The number of Topliss-reactive ketones (excluding diaryl/α,β-unsaturated/α-hetero) is 1. The van der Waals surface area contributed by atoms with E-state index >= 15 is 0 Å². The summed E-state index contributed by atoms with van der Waals surface area (Å²) in [5.74, 6) is 0.181. The molecule has 0 atom stereocenters. The van der Waals surface area contributed by atoms with Crippen molar-refractivity contribution in [3.05, 3.63) is 10.9 Å². The van der Waals surface area contributed by atoms with Gasteiger partial charge in [0.15, 0.2) is 5.78 Å². The number of rotatable bonds is 3. The lowest BCUT2D eigenvalue weighted by molar-refractivity contribution is 0.0944. The maximum Gasteiger partial charge on any atom is 0.177 e. The molecule has 1 fully saturated rings. The number of anilines is 2. The topological polar surface area (TPSA) is 46.3 Å². The molecule has 0 aliphatic carbocycles. The minimum Gasteiger partial charge on any atom is -0.397 e. The molecule has 0 bridgehead atoms. The van der Waals surface area contributed by atoms with E-state index in [1.54, 1.807) is 11.3 Å². The van der Waals surface area contributed by atoms with Crippen LogP contribution in [-0.2, 0) is 0 Å². The fourth-order valence-corrected chi connectivity index (χ4v) is 3.34. The van der Waals surface area contributed by atoms with Gasteiger partial charge in [-0.25, -0.2) is 0 Å². The molecule has 0 radical (unpaired) electrons. The number of hydrogen-bond acceptors (Lipinski definition) is 4. The molecule has 94 valence electrons. The van der Waals surface area contributed by atoms with E-state index in [1.807, 2.05) is 19.9 Å². The molecule has 3 nitrogen and oxygen atoms in total. The molecular formula is C13H20N2OS. The Morgan fingerprint density at radius 3 is 2.59 bits per heavy atom. The van der Waals surface area contributed by atoms with Gasteiger partial charge in [-0.3, -0.25) is 4.79 Å². The third-order valence-corrected chi connectivity index (χ3v) is 4.39. The first kappa shape index (κ1) is 12.4. The van der Waals surface area contributed by atoms with Crippen LogP contribution >= 0.6 is 11.3 Å². The normalized spacial score (nSPS) is 16.5. The van der Waals surface area contributed by atoms with Crippen LogP contribution in [0.25, 0.3) is 0 Å². The summed E-state index contributed by atoms with van der Waals surface area (Å²) < 4.78 is 0. The van der Waals surface area contributed by atoms with Gasteiger partial charge in [0.2, 0.25) is 0 Å². The third-order valence-electron chi connectivity index (χ3n) is 3.16. The molecule has 1 aliphatic rings. The maximum atomic E-state index is 12.0. The largest absolute Gasteiger partial charge is 0.397 e. The summed E-state index contributed by atoms with van der Waals surface area (Å²) in [7, 11) is 0. The molecule has 0 saturated carbocycles. The van der Waals surface area contributed by atoms with Crippen LogP contribution in [0.2, 0.25) is 0 Å². The summed E-state index contributed by atoms with van der Waals surface area (Å²) in [4.78, 5) is 15.1. The Bertz CT molecular complexity index is 406. The van der Waals surface area contributed by atoms with Crippen molar-refractivity contribution < 1.29 is 4.79 Å². The summed E-state index contributed by atoms with van der Waals surface area (Å²) >= 11 is 1.55. The first-order valence-corrected chi connectivity index (χ1v) is 7.09. The molecule has 1 aromatic rings. The highest BCUT2D eigenvalue weighted by atomic mass is 32.1. The smallest absolute Gasteiger partial charge is 0.177 e. The number of ketones is 1. The molecule has 2 N–H and O–H groups in total. The van der Waals surface area contributed by atoms with Crippen LogP contribution in [0.5, 0.6) is 0 Å². The van der Waals surface area contributed by atoms with Gasteiger partial charge in [-0.2, -0.15) is 0 Å². The minimum absolute atomic E-state index is 0.0187. The number of nitrogens with two attached hydrogens (primary N) is 1. The van der Waals surface area contributed by atoms with Crippen LogP contribution in [0.3, 0.4) is 0 Å². The Hall–Kier alpha value is -1.03. The summed E-state index contributed by atoms with van der Waals surface area (Å²) in [6.07, 6.45) is 3.80. The lowest BCUT2D eigenvalue weighted by Crippen LogP contribution is -2.28. The molecule has 4 heteroatoms. The first-order valence-electron chi connectivity index (χ1n) is 6.28. The summed E-state index contributed by atoms with van der Waals surface area (Å²) in [6.45, 7) is 6.02. The predicted octanol–water partition coefficient (Wildman–Crippen LogP) is 3.16. The van der Waals surface area contributed by atoms with E-state index in [4.69, 9.17) is 5.73 Å².